The second kappa shape index (κ2) is 6.26. The number of nitro benzene ring substituents is 1. The van der Waals surface area contributed by atoms with Gasteiger partial charge < -0.3 is 4.98 Å². The van der Waals surface area contributed by atoms with Gasteiger partial charge in [-0.3, -0.25) is 24.6 Å². The average molecular weight is 368 g/mol. The zero-order chi connectivity index (χ0) is 18.3. The Morgan fingerprint density at radius 1 is 1.12 bits per heavy atom. The van der Waals surface area contributed by atoms with Gasteiger partial charge in [-0.25, -0.2) is 4.98 Å². The zero-order valence-corrected chi connectivity index (χ0v) is 14.2. The average Bonchev–Trinajstić information content (AvgIpc) is 3.15. The van der Waals surface area contributed by atoms with Gasteiger partial charge in [-0.15, -0.1) is 0 Å². The Labute approximate surface area is 151 Å². The van der Waals surface area contributed by atoms with Crippen molar-refractivity contribution in [1.82, 2.24) is 14.9 Å². The van der Waals surface area contributed by atoms with Gasteiger partial charge >= 0.3 is 0 Å². The summed E-state index contributed by atoms with van der Waals surface area (Å²) in [7, 11) is 0. The van der Waals surface area contributed by atoms with Crippen molar-refractivity contribution in [2.24, 2.45) is 0 Å². The van der Waals surface area contributed by atoms with Gasteiger partial charge in [-0.05, 0) is 18.2 Å². The molecule has 0 bridgehead atoms. The van der Waals surface area contributed by atoms with Crippen molar-refractivity contribution in [1.29, 1.82) is 0 Å². The Morgan fingerprint density at radius 3 is 2.46 bits per heavy atom. The first-order chi connectivity index (χ1) is 12.5. The number of hydrogen-bond donors (Lipinski definition) is 1. The van der Waals surface area contributed by atoms with Gasteiger partial charge in [0, 0.05) is 24.4 Å². The van der Waals surface area contributed by atoms with E-state index in [1.807, 2.05) is 0 Å². The number of thioether (sulfide) groups is 1. The zero-order valence-electron chi connectivity index (χ0n) is 13.3. The second-order valence-corrected chi connectivity index (χ2v) is 6.74. The van der Waals surface area contributed by atoms with Crippen molar-refractivity contribution in [3.63, 3.8) is 0 Å². The van der Waals surface area contributed by atoms with E-state index in [1.54, 1.807) is 30.3 Å². The number of fused-ring (bicyclic) bond motifs is 2. The molecule has 2 aromatic carbocycles. The van der Waals surface area contributed by atoms with Gasteiger partial charge in [0.25, 0.3) is 17.5 Å². The SMILES string of the molecule is O=C1c2ccccc2C(=O)N1CCSc1nc2ccc([N+](=O)[O-])cc2[nH]1. The molecule has 0 aliphatic carbocycles. The van der Waals surface area contributed by atoms with Crippen LogP contribution in [0.15, 0.2) is 47.6 Å². The summed E-state index contributed by atoms with van der Waals surface area (Å²) in [6, 6.07) is 11.2. The number of nitro groups is 1. The van der Waals surface area contributed by atoms with E-state index in [2.05, 4.69) is 9.97 Å². The molecule has 0 spiro atoms. The number of imidazole rings is 1. The Kier molecular flexibility index (Phi) is 3.92. The number of carbonyl (C=O) groups excluding carboxylic acids is 2. The van der Waals surface area contributed by atoms with Crippen molar-refractivity contribution >= 4 is 40.3 Å². The molecule has 1 N–H and O–H groups in total. The summed E-state index contributed by atoms with van der Waals surface area (Å²) >= 11 is 1.35. The van der Waals surface area contributed by atoms with Crippen molar-refractivity contribution in [2.45, 2.75) is 5.16 Å². The molecule has 1 aromatic heterocycles. The number of non-ortho nitro benzene ring substituents is 1. The Balaban J connectivity index is 1.44. The molecule has 0 atom stereocenters. The number of amides is 2. The molecular weight excluding hydrogens is 356 g/mol. The lowest BCUT2D eigenvalue weighted by Gasteiger charge is -2.12. The fraction of sp³-hybridized carbons (Fsp3) is 0.118. The standard InChI is InChI=1S/C17H12N4O4S/c22-15-11-3-1-2-4-12(11)16(23)20(15)7-8-26-17-18-13-6-5-10(21(24)25)9-14(13)19-17/h1-6,9H,7-8H2,(H,18,19). The van der Waals surface area contributed by atoms with Gasteiger partial charge in [0.15, 0.2) is 5.16 Å². The molecule has 0 saturated heterocycles. The lowest BCUT2D eigenvalue weighted by Crippen LogP contribution is -2.31. The molecule has 2 heterocycles. The van der Waals surface area contributed by atoms with E-state index < -0.39 is 4.92 Å². The Hall–Kier alpha value is -3.20. The number of carbonyl (C=O) groups is 2. The van der Waals surface area contributed by atoms with Gasteiger partial charge in [-0.1, -0.05) is 23.9 Å². The number of rotatable bonds is 5. The largest absolute Gasteiger partial charge is 0.333 e. The van der Waals surface area contributed by atoms with Crippen LogP contribution in [-0.4, -0.2) is 43.9 Å². The van der Waals surface area contributed by atoms with Gasteiger partial charge in [-0.2, -0.15) is 0 Å². The van der Waals surface area contributed by atoms with E-state index in [0.29, 0.717) is 33.1 Å². The Morgan fingerprint density at radius 2 is 1.81 bits per heavy atom. The lowest BCUT2D eigenvalue weighted by molar-refractivity contribution is -0.384. The molecule has 8 nitrogen and oxygen atoms in total. The number of imide groups is 1. The third kappa shape index (κ3) is 2.72. The summed E-state index contributed by atoms with van der Waals surface area (Å²) in [5, 5.41) is 11.4. The van der Waals surface area contributed by atoms with Crippen LogP contribution in [0.2, 0.25) is 0 Å². The minimum atomic E-state index is -0.463. The molecule has 1 aliphatic rings. The van der Waals surface area contributed by atoms with E-state index in [9.17, 15) is 19.7 Å². The predicted octanol–water partition coefficient (Wildman–Crippen LogP) is 2.86. The van der Waals surface area contributed by atoms with Gasteiger partial charge in [0.05, 0.1) is 27.1 Å². The summed E-state index contributed by atoms with van der Waals surface area (Å²) in [5.41, 5.74) is 2.04. The van der Waals surface area contributed by atoms with Crippen molar-refractivity contribution in [2.75, 3.05) is 12.3 Å². The molecule has 1 aliphatic heterocycles. The van der Waals surface area contributed by atoms with Crippen LogP contribution in [0.25, 0.3) is 11.0 Å². The smallest absolute Gasteiger partial charge is 0.271 e. The number of hydrogen-bond acceptors (Lipinski definition) is 6. The molecule has 9 heteroatoms. The van der Waals surface area contributed by atoms with Crippen molar-refractivity contribution < 1.29 is 14.5 Å². The maximum atomic E-state index is 12.3. The first-order valence-electron chi connectivity index (χ1n) is 7.77. The first kappa shape index (κ1) is 16.3. The highest BCUT2D eigenvalue weighted by Gasteiger charge is 2.34. The van der Waals surface area contributed by atoms with E-state index in [0.717, 1.165) is 0 Å². The molecule has 0 fully saturated rings. The molecule has 3 aromatic rings. The Bertz CT molecular complexity index is 1030. The minimum absolute atomic E-state index is 0.0104. The number of aromatic nitrogens is 2. The van der Waals surface area contributed by atoms with Gasteiger partial charge in [0.2, 0.25) is 0 Å². The monoisotopic (exact) mass is 368 g/mol. The van der Waals surface area contributed by atoms with E-state index >= 15 is 0 Å². The number of H-pyrrole nitrogens is 1. The minimum Gasteiger partial charge on any atom is -0.333 e. The van der Waals surface area contributed by atoms with Gasteiger partial charge in [0.1, 0.15) is 0 Å². The fourth-order valence-electron chi connectivity index (χ4n) is 2.83. The van der Waals surface area contributed by atoms with Crippen molar-refractivity contribution in [3.05, 3.63) is 63.7 Å². The number of nitrogens with zero attached hydrogens (tertiary/aromatic N) is 3. The molecule has 2 amide bonds. The summed E-state index contributed by atoms with van der Waals surface area (Å²) in [6.45, 7) is 0.258. The highest BCUT2D eigenvalue weighted by Crippen LogP contribution is 2.25. The van der Waals surface area contributed by atoms with E-state index in [4.69, 9.17) is 0 Å². The maximum absolute atomic E-state index is 12.3. The number of nitrogens with one attached hydrogen (secondary N) is 1. The second-order valence-electron chi connectivity index (χ2n) is 5.66. The van der Waals surface area contributed by atoms with Crippen LogP contribution in [0, 0.1) is 10.1 Å². The van der Waals surface area contributed by atoms with E-state index in [-0.39, 0.29) is 24.0 Å². The number of aromatic amines is 1. The molecule has 26 heavy (non-hydrogen) atoms. The van der Waals surface area contributed by atoms with Crippen LogP contribution in [0.4, 0.5) is 5.69 Å². The van der Waals surface area contributed by atoms with Crippen molar-refractivity contribution in [3.8, 4) is 0 Å². The highest BCUT2D eigenvalue weighted by molar-refractivity contribution is 7.99. The maximum Gasteiger partial charge on any atom is 0.271 e. The molecule has 0 unspecified atom stereocenters. The van der Waals surface area contributed by atoms with Crippen LogP contribution in [0.3, 0.4) is 0 Å². The third-order valence-corrected chi connectivity index (χ3v) is 4.94. The van der Waals surface area contributed by atoms with Crippen LogP contribution in [0.1, 0.15) is 20.7 Å². The quantitative estimate of drug-likeness (QED) is 0.321. The number of benzene rings is 2. The molecule has 0 radical (unpaired) electrons. The molecule has 130 valence electrons. The fourth-order valence-corrected chi connectivity index (χ4v) is 3.64. The summed E-state index contributed by atoms with van der Waals surface area (Å²) in [4.78, 5) is 43.6. The topological polar surface area (TPSA) is 109 Å². The predicted molar refractivity (Wildman–Crippen MR) is 95.3 cm³/mol. The summed E-state index contributed by atoms with van der Waals surface area (Å²) in [6.07, 6.45) is 0. The third-order valence-electron chi connectivity index (χ3n) is 4.09. The normalized spacial score (nSPS) is 13.5. The van der Waals surface area contributed by atoms with Crippen LogP contribution < -0.4 is 0 Å². The highest BCUT2D eigenvalue weighted by atomic mass is 32.2. The molecular formula is C17H12N4O4S. The molecule has 4 rings (SSSR count). The van der Waals surface area contributed by atoms with Crippen LogP contribution in [0.5, 0.6) is 0 Å². The first-order valence-corrected chi connectivity index (χ1v) is 8.75. The van der Waals surface area contributed by atoms with Crippen LogP contribution >= 0.6 is 11.8 Å². The lowest BCUT2D eigenvalue weighted by atomic mass is 10.1. The summed E-state index contributed by atoms with van der Waals surface area (Å²) < 4.78 is 0. The van der Waals surface area contributed by atoms with Crippen LogP contribution in [-0.2, 0) is 0 Å². The molecule has 0 saturated carbocycles. The van der Waals surface area contributed by atoms with E-state index in [1.165, 1.54) is 28.8 Å². The summed E-state index contributed by atoms with van der Waals surface area (Å²) in [5.74, 6) is -0.106.